The summed E-state index contributed by atoms with van der Waals surface area (Å²) in [6.07, 6.45) is 12.6. The summed E-state index contributed by atoms with van der Waals surface area (Å²) in [4.78, 5) is 0. The number of fused-ring (bicyclic) bond motifs is 5. The molecule has 2 nitrogen and oxygen atoms in total. The lowest BCUT2D eigenvalue weighted by atomic mass is 9.54. The highest BCUT2D eigenvalue weighted by molar-refractivity contribution is 5.40. The SMILES string of the molecule is C#CC[C@]12CC[C@@H]3c4ccc(O)cc4CC[C@H]3[C@@H]1CC[C@@H]2O. The Morgan fingerprint density at radius 1 is 1.23 bits per heavy atom. The summed E-state index contributed by atoms with van der Waals surface area (Å²) in [5, 5.41) is 20.3. The number of aliphatic hydroxyl groups is 1. The second-order valence-electron chi connectivity index (χ2n) is 7.54. The fourth-order valence-corrected chi connectivity index (χ4v) is 5.88. The number of aryl methyl sites for hydroxylation is 1. The lowest BCUT2D eigenvalue weighted by Crippen LogP contribution is -2.45. The summed E-state index contributed by atoms with van der Waals surface area (Å²) >= 11 is 0. The van der Waals surface area contributed by atoms with Crippen LogP contribution in [0, 0.1) is 29.6 Å². The van der Waals surface area contributed by atoms with Crippen LogP contribution in [-0.4, -0.2) is 16.3 Å². The molecule has 0 aromatic heterocycles. The summed E-state index contributed by atoms with van der Waals surface area (Å²) in [5.41, 5.74) is 2.73. The van der Waals surface area contributed by atoms with Gasteiger partial charge in [0, 0.05) is 11.8 Å². The van der Waals surface area contributed by atoms with Gasteiger partial charge in [-0.3, -0.25) is 0 Å². The molecule has 3 aliphatic carbocycles. The topological polar surface area (TPSA) is 40.5 Å². The van der Waals surface area contributed by atoms with Crippen molar-refractivity contribution in [1.82, 2.24) is 0 Å². The van der Waals surface area contributed by atoms with Crippen molar-refractivity contribution in [2.24, 2.45) is 17.3 Å². The zero-order valence-electron chi connectivity index (χ0n) is 13.0. The van der Waals surface area contributed by atoms with Gasteiger partial charge < -0.3 is 10.2 Å². The molecule has 1 aromatic rings. The number of phenolic OH excluding ortho intramolecular Hbond substituents is 1. The van der Waals surface area contributed by atoms with Crippen molar-refractivity contribution in [3.8, 4) is 18.1 Å². The van der Waals surface area contributed by atoms with E-state index in [1.165, 1.54) is 17.5 Å². The second kappa shape index (κ2) is 5.03. The van der Waals surface area contributed by atoms with Crippen LogP contribution in [0.5, 0.6) is 5.75 Å². The quantitative estimate of drug-likeness (QED) is 0.777. The lowest BCUT2D eigenvalue weighted by molar-refractivity contribution is -0.0330. The van der Waals surface area contributed by atoms with E-state index in [2.05, 4.69) is 12.0 Å². The van der Waals surface area contributed by atoms with Gasteiger partial charge in [0.25, 0.3) is 0 Å². The van der Waals surface area contributed by atoms with Crippen molar-refractivity contribution in [2.45, 2.75) is 57.0 Å². The molecule has 0 amide bonds. The van der Waals surface area contributed by atoms with Crippen LogP contribution in [0.1, 0.15) is 55.6 Å². The van der Waals surface area contributed by atoms with E-state index < -0.39 is 0 Å². The number of benzene rings is 1. The Balaban J connectivity index is 1.71. The van der Waals surface area contributed by atoms with E-state index in [1.54, 1.807) is 0 Å². The zero-order chi connectivity index (χ0) is 15.3. The van der Waals surface area contributed by atoms with E-state index in [-0.39, 0.29) is 11.5 Å². The molecule has 2 heteroatoms. The normalized spacial score (nSPS) is 39.5. The Kier molecular flexibility index (Phi) is 3.24. The van der Waals surface area contributed by atoms with Crippen LogP contribution in [0.2, 0.25) is 0 Å². The standard InChI is InChI=1S/C20H24O2/c1-2-10-20-11-9-16-15-6-4-14(21)12-13(15)3-5-17(16)18(20)7-8-19(20)22/h1,4,6,12,16-19,21-22H,3,5,7-11H2/t16-,17-,18+,19+,20+/m1/s1. The van der Waals surface area contributed by atoms with Gasteiger partial charge in [-0.2, -0.15) is 0 Å². The summed E-state index contributed by atoms with van der Waals surface area (Å²) in [6.45, 7) is 0. The molecule has 2 saturated carbocycles. The molecule has 2 N–H and O–H groups in total. The van der Waals surface area contributed by atoms with Gasteiger partial charge in [-0.25, -0.2) is 0 Å². The molecule has 3 aliphatic rings. The molecule has 0 bridgehead atoms. The van der Waals surface area contributed by atoms with Crippen molar-refractivity contribution in [3.05, 3.63) is 29.3 Å². The van der Waals surface area contributed by atoms with Crippen LogP contribution in [0.4, 0.5) is 0 Å². The predicted molar refractivity (Wildman–Crippen MR) is 86.5 cm³/mol. The van der Waals surface area contributed by atoms with Gasteiger partial charge in [0.1, 0.15) is 5.75 Å². The minimum Gasteiger partial charge on any atom is -0.508 e. The van der Waals surface area contributed by atoms with Gasteiger partial charge >= 0.3 is 0 Å². The average molecular weight is 296 g/mol. The number of hydrogen-bond acceptors (Lipinski definition) is 2. The molecule has 22 heavy (non-hydrogen) atoms. The first-order valence-electron chi connectivity index (χ1n) is 8.59. The van der Waals surface area contributed by atoms with Crippen LogP contribution in [0.15, 0.2) is 18.2 Å². The van der Waals surface area contributed by atoms with Crippen molar-refractivity contribution in [3.63, 3.8) is 0 Å². The number of aromatic hydroxyl groups is 1. The monoisotopic (exact) mass is 296 g/mol. The molecule has 0 aliphatic heterocycles. The molecule has 2 fully saturated rings. The Hall–Kier alpha value is -1.46. The number of hydrogen-bond donors (Lipinski definition) is 2. The Morgan fingerprint density at radius 3 is 2.91 bits per heavy atom. The highest BCUT2D eigenvalue weighted by Crippen LogP contribution is 2.62. The summed E-state index contributed by atoms with van der Waals surface area (Å²) in [5.74, 6) is 5.05. The van der Waals surface area contributed by atoms with Gasteiger partial charge in [0.2, 0.25) is 0 Å². The van der Waals surface area contributed by atoms with Crippen molar-refractivity contribution < 1.29 is 10.2 Å². The first-order chi connectivity index (χ1) is 10.7. The van der Waals surface area contributed by atoms with E-state index in [9.17, 15) is 10.2 Å². The highest BCUT2D eigenvalue weighted by Gasteiger charge is 2.56. The fraction of sp³-hybridized carbons (Fsp3) is 0.600. The third-order valence-corrected chi connectivity index (χ3v) is 6.81. The van der Waals surface area contributed by atoms with Crippen molar-refractivity contribution in [1.29, 1.82) is 0 Å². The van der Waals surface area contributed by atoms with Crippen LogP contribution in [0.25, 0.3) is 0 Å². The number of phenols is 1. The molecule has 0 unspecified atom stereocenters. The number of rotatable bonds is 1. The summed E-state index contributed by atoms with van der Waals surface area (Å²) in [6, 6.07) is 5.90. The van der Waals surface area contributed by atoms with Gasteiger partial charge in [-0.05, 0) is 79.5 Å². The minimum absolute atomic E-state index is 0.0235. The lowest BCUT2D eigenvalue weighted by Gasteiger charge is -2.51. The Bertz CT molecular complexity index is 629. The Morgan fingerprint density at radius 2 is 2.09 bits per heavy atom. The molecule has 5 atom stereocenters. The van der Waals surface area contributed by atoms with Crippen LogP contribution >= 0.6 is 0 Å². The third kappa shape index (κ3) is 1.85. The van der Waals surface area contributed by atoms with Gasteiger partial charge in [0.05, 0.1) is 6.10 Å². The number of aliphatic hydroxyl groups excluding tert-OH is 1. The van der Waals surface area contributed by atoms with Crippen molar-refractivity contribution >= 4 is 0 Å². The molecule has 0 spiro atoms. The minimum atomic E-state index is -0.212. The average Bonchev–Trinajstić information content (AvgIpc) is 2.84. The van der Waals surface area contributed by atoms with Crippen LogP contribution in [0.3, 0.4) is 0 Å². The smallest absolute Gasteiger partial charge is 0.115 e. The van der Waals surface area contributed by atoms with Crippen LogP contribution < -0.4 is 0 Å². The predicted octanol–water partition coefficient (Wildman–Crippen LogP) is 3.61. The van der Waals surface area contributed by atoms with Crippen LogP contribution in [-0.2, 0) is 6.42 Å². The van der Waals surface area contributed by atoms with Gasteiger partial charge in [-0.15, -0.1) is 12.3 Å². The highest BCUT2D eigenvalue weighted by atomic mass is 16.3. The molecule has 0 heterocycles. The Labute approximate surface area is 132 Å². The molecular formula is C20H24O2. The number of terminal acetylenes is 1. The largest absolute Gasteiger partial charge is 0.508 e. The molecular weight excluding hydrogens is 272 g/mol. The fourth-order valence-electron chi connectivity index (χ4n) is 5.88. The molecule has 0 radical (unpaired) electrons. The maximum Gasteiger partial charge on any atom is 0.115 e. The van der Waals surface area contributed by atoms with Gasteiger partial charge in [-0.1, -0.05) is 6.07 Å². The maximum absolute atomic E-state index is 10.6. The van der Waals surface area contributed by atoms with E-state index in [4.69, 9.17) is 6.42 Å². The zero-order valence-corrected chi connectivity index (χ0v) is 13.0. The van der Waals surface area contributed by atoms with Crippen molar-refractivity contribution in [2.75, 3.05) is 0 Å². The molecule has 0 saturated heterocycles. The van der Waals surface area contributed by atoms with E-state index in [1.807, 2.05) is 12.1 Å². The first kappa shape index (κ1) is 14.2. The van der Waals surface area contributed by atoms with E-state index >= 15 is 0 Å². The molecule has 116 valence electrons. The van der Waals surface area contributed by atoms with Gasteiger partial charge in [0.15, 0.2) is 0 Å². The van der Waals surface area contributed by atoms with E-state index in [0.717, 1.165) is 38.5 Å². The maximum atomic E-state index is 10.6. The summed E-state index contributed by atoms with van der Waals surface area (Å²) in [7, 11) is 0. The summed E-state index contributed by atoms with van der Waals surface area (Å²) < 4.78 is 0. The first-order valence-corrected chi connectivity index (χ1v) is 8.59. The molecule has 4 rings (SSSR count). The molecule has 1 aromatic carbocycles. The van der Waals surface area contributed by atoms with E-state index in [0.29, 0.717) is 23.5 Å². The third-order valence-electron chi connectivity index (χ3n) is 6.81. The second-order valence-corrected chi connectivity index (χ2v) is 7.54.